The van der Waals surface area contributed by atoms with Crippen molar-refractivity contribution in [2.45, 2.75) is 51.2 Å². The van der Waals surface area contributed by atoms with Crippen LogP contribution in [0.1, 0.15) is 44.7 Å². The number of carbonyl (C=O) groups excluding carboxylic acids is 2. The Morgan fingerprint density at radius 1 is 1.23 bits per heavy atom. The van der Waals surface area contributed by atoms with Gasteiger partial charge in [-0.1, -0.05) is 24.6 Å². The zero-order valence-corrected chi connectivity index (χ0v) is 13.7. The lowest BCUT2D eigenvalue weighted by atomic mass is 9.68. The van der Waals surface area contributed by atoms with Gasteiger partial charge in [-0.2, -0.15) is 0 Å². The summed E-state index contributed by atoms with van der Waals surface area (Å²) in [5.74, 6) is -3.09. The molecule has 0 saturated carbocycles. The van der Waals surface area contributed by atoms with Crippen molar-refractivity contribution in [3.8, 4) is 0 Å². The van der Waals surface area contributed by atoms with Gasteiger partial charge in [0, 0.05) is 24.3 Å². The second-order valence-electron chi connectivity index (χ2n) is 6.49. The van der Waals surface area contributed by atoms with Crippen molar-refractivity contribution in [2.24, 2.45) is 5.92 Å². The summed E-state index contributed by atoms with van der Waals surface area (Å²) in [7, 11) is 0. The Labute approximate surface area is 134 Å². The van der Waals surface area contributed by atoms with Crippen molar-refractivity contribution in [1.29, 1.82) is 0 Å². The van der Waals surface area contributed by atoms with Gasteiger partial charge in [-0.3, -0.25) is 9.59 Å². The zero-order valence-electron chi connectivity index (χ0n) is 12.9. The molecule has 1 aliphatic heterocycles. The summed E-state index contributed by atoms with van der Waals surface area (Å²) in [5.41, 5.74) is 1.54. The maximum Gasteiger partial charge on any atom is 0.324 e. The largest absolute Gasteiger partial charge is 0.422 e. The first-order chi connectivity index (χ1) is 10.3. The monoisotopic (exact) mass is 322 g/mol. The fourth-order valence-electron chi connectivity index (χ4n) is 3.79. The Hall–Kier alpha value is -1.55. The summed E-state index contributed by atoms with van der Waals surface area (Å²) in [6.45, 7) is 5.13. The zero-order chi connectivity index (χ0) is 16.1. The van der Waals surface area contributed by atoms with E-state index in [4.69, 9.17) is 21.1 Å². The molecule has 22 heavy (non-hydrogen) atoms. The molecule has 1 aromatic carbocycles. The van der Waals surface area contributed by atoms with Crippen LogP contribution in [0, 0.1) is 5.92 Å². The van der Waals surface area contributed by atoms with E-state index in [9.17, 15) is 9.59 Å². The fourth-order valence-corrected chi connectivity index (χ4v) is 3.98. The maximum absolute atomic E-state index is 12.5. The molecule has 1 aliphatic carbocycles. The van der Waals surface area contributed by atoms with Crippen LogP contribution in [0.25, 0.3) is 0 Å². The number of carbonyl (C=O) groups is 2. The number of aryl methyl sites for hydroxylation is 1. The third kappa shape index (κ3) is 2.21. The lowest BCUT2D eigenvalue weighted by Gasteiger charge is -2.41. The molecular weight excluding hydrogens is 304 g/mol. The van der Waals surface area contributed by atoms with Crippen molar-refractivity contribution >= 4 is 23.5 Å². The summed E-state index contributed by atoms with van der Waals surface area (Å²) in [4.78, 5) is 25.0. The molecule has 5 heteroatoms. The van der Waals surface area contributed by atoms with Crippen molar-refractivity contribution in [3.63, 3.8) is 0 Å². The number of fused-ring (bicyclic) bond motifs is 1. The summed E-state index contributed by atoms with van der Waals surface area (Å²) in [6, 6.07) is 5.64. The fraction of sp³-hybridized carbons (Fsp3) is 0.529. The van der Waals surface area contributed by atoms with Crippen molar-refractivity contribution in [3.05, 3.63) is 34.3 Å². The van der Waals surface area contributed by atoms with Gasteiger partial charge in [-0.15, -0.1) is 0 Å². The minimum absolute atomic E-state index is 0.495. The third-order valence-electron chi connectivity index (χ3n) is 4.79. The number of esters is 2. The summed E-state index contributed by atoms with van der Waals surface area (Å²) < 4.78 is 10.7. The second-order valence-corrected chi connectivity index (χ2v) is 6.92. The molecule has 1 fully saturated rings. The molecule has 1 heterocycles. The number of benzene rings is 1. The average Bonchev–Trinajstić information content (AvgIpc) is 2.75. The van der Waals surface area contributed by atoms with Crippen LogP contribution in [0.15, 0.2) is 18.2 Å². The highest BCUT2D eigenvalue weighted by Crippen LogP contribution is 2.49. The minimum Gasteiger partial charge on any atom is -0.422 e. The molecule has 0 bridgehead atoms. The van der Waals surface area contributed by atoms with Gasteiger partial charge in [0.15, 0.2) is 5.92 Å². The first kappa shape index (κ1) is 15.3. The van der Waals surface area contributed by atoms with E-state index in [0.717, 1.165) is 17.5 Å². The van der Waals surface area contributed by atoms with Crippen molar-refractivity contribution in [1.82, 2.24) is 0 Å². The first-order valence-corrected chi connectivity index (χ1v) is 7.91. The summed E-state index contributed by atoms with van der Waals surface area (Å²) >= 11 is 6.06. The van der Waals surface area contributed by atoms with Gasteiger partial charge in [0.1, 0.15) is 0 Å². The molecule has 2 aliphatic rings. The molecule has 1 aromatic rings. The second kappa shape index (κ2) is 4.98. The molecule has 1 atom stereocenters. The van der Waals surface area contributed by atoms with Crippen LogP contribution in [0.2, 0.25) is 5.02 Å². The number of rotatable bonds is 2. The maximum atomic E-state index is 12.5. The number of cyclic esters (lactones) is 2. The summed E-state index contributed by atoms with van der Waals surface area (Å²) in [6.07, 6.45) is 2.18. The molecule has 118 valence electrons. The molecule has 3 rings (SSSR count). The van der Waals surface area contributed by atoms with E-state index >= 15 is 0 Å². The van der Waals surface area contributed by atoms with Crippen LogP contribution >= 0.6 is 11.6 Å². The van der Waals surface area contributed by atoms with Crippen LogP contribution < -0.4 is 0 Å². The van der Waals surface area contributed by atoms with E-state index in [-0.39, 0.29) is 0 Å². The van der Waals surface area contributed by atoms with Crippen molar-refractivity contribution < 1.29 is 19.1 Å². The van der Waals surface area contributed by atoms with Crippen LogP contribution in [-0.4, -0.2) is 17.7 Å². The smallest absolute Gasteiger partial charge is 0.324 e. The summed E-state index contributed by atoms with van der Waals surface area (Å²) in [5, 5.41) is 0.667. The molecule has 0 N–H and O–H groups in total. The Kier molecular flexibility index (Phi) is 3.48. The molecular formula is C17H19ClO4. The van der Waals surface area contributed by atoms with Gasteiger partial charge in [-0.05, 0) is 42.5 Å². The van der Waals surface area contributed by atoms with Crippen LogP contribution in [0.3, 0.4) is 0 Å². The van der Waals surface area contributed by atoms with Crippen LogP contribution in [-0.2, 0) is 30.9 Å². The number of halogens is 1. The average molecular weight is 323 g/mol. The Morgan fingerprint density at radius 2 is 1.86 bits per heavy atom. The lowest BCUT2D eigenvalue weighted by molar-refractivity contribution is -0.243. The van der Waals surface area contributed by atoms with E-state index in [1.165, 1.54) is 0 Å². The van der Waals surface area contributed by atoms with Crippen molar-refractivity contribution in [2.75, 3.05) is 0 Å². The highest BCUT2D eigenvalue weighted by Gasteiger charge is 2.56. The molecule has 0 aromatic heterocycles. The van der Waals surface area contributed by atoms with Gasteiger partial charge >= 0.3 is 11.9 Å². The van der Waals surface area contributed by atoms with Gasteiger partial charge in [0.2, 0.25) is 0 Å². The Balaban J connectivity index is 2.06. The predicted molar refractivity (Wildman–Crippen MR) is 81.5 cm³/mol. The van der Waals surface area contributed by atoms with E-state index < -0.39 is 29.1 Å². The molecule has 0 spiro atoms. The SMILES string of the molecule is CC[C@@]1(C2C(=O)OC(C)(C)OC2=O)CCc2cc(Cl)ccc21. The van der Waals surface area contributed by atoms with Gasteiger partial charge in [0.25, 0.3) is 5.79 Å². The number of ether oxygens (including phenoxy) is 2. The lowest BCUT2D eigenvalue weighted by Crippen LogP contribution is -2.53. The number of hydrogen-bond acceptors (Lipinski definition) is 4. The van der Waals surface area contributed by atoms with Crippen LogP contribution in [0.4, 0.5) is 0 Å². The standard InChI is InChI=1S/C17H19ClO4/c1-4-17(8-7-10-9-11(18)5-6-12(10)17)13-14(19)21-16(2,3)22-15(13)20/h5-6,9,13H,4,7-8H2,1-3H3/t17-/m1/s1. The highest BCUT2D eigenvalue weighted by molar-refractivity contribution is 6.30. The number of hydrogen-bond donors (Lipinski definition) is 0. The molecule has 0 radical (unpaired) electrons. The van der Waals surface area contributed by atoms with E-state index in [2.05, 4.69) is 0 Å². The van der Waals surface area contributed by atoms with E-state index in [1.807, 2.05) is 19.1 Å². The van der Waals surface area contributed by atoms with E-state index in [1.54, 1.807) is 19.9 Å². The van der Waals surface area contributed by atoms with Gasteiger partial charge < -0.3 is 9.47 Å². The molecule has 4 nitrogen and oxygen atoms in total. The normalized spacial score (nSPS) is 27.3. The minimum atomic E-state index is -1.19. The predicted octanol–water partition coefficient (Wildman–Crippen LogP) is 3.39. The van der Waals surface area contributed by atoms with Gasteiger partial charge in [0.05, 0.1) is 0 Å². The molecule has 0 amide bonds. The van der Waals surface area contributed by atoms with Gasteiger partial charge in [-0.25, -0.2) is 0 Å². The first-order valence-electron chi connectivity index (χ1n) is 7.54. The Bertz CT molecular complexity index is 632. The topological polar surface area (TPSA) is 52.6 Å². The van der Waals surface area contributed by atoms with Crippen LogP contribution in [0.5, 0.6) is 0 Å². The highest BCUT2D eigenvalue weighted by atomic mass is 35.5. The quantitative estimate of drug-likeness (QED) is 0.618. The Morgan fingerprint density at radius 3 is 2.45 bits per heavy atom. The molecule has 1 saturated heterocycles. The van der Waals surface area contributed by atoms with E-state index in [0.29, 0.717) is 17.9 Å². The molecule has 0 unspecified atom stereocenters. The third-order valence-corrected chi connectivity index (χ3v) is 5.03.